The van der Waals surface area contributed by atoms with E-state index in [0.29, 0.717) is 0 Å². The molecule has 0 saturated carbocycles. The molecule has 0 bridgehead atoms. The minimum atomic E-state index is 0.181. The van der Waals surface area contributed by atoms with Crippen molar-refractivity contribution in [1.82, 2.24) is 14.8 Å². The van der Waals surface area contributed by atoms with Crippen LogP contribution >= 0.6 is 11.6 Å². The molecule has 0 saturated heterocycles. The molecule has 0 amide bonds. The van der Waals surface area contributed by atoms with Crippen LogP contribution < -0.4 is 5.32 Å². The Balaban J connectivity index is 1.72. The molecular weight excluding hydrogens is 296 g/mol. The van der Waals surface area contributed by atoms with Crippen LogP contribution in [0, 0.1) is 0 Å². The molecule has 5 heteroatoms. The number of nitrogens with zero attached hydrogens (tertiary/aromatic N) is 3. The molecule has 4 nitrogen and oxygen atoms in total. The predicted octanol–water partition coefficient (Wildman–Crippen LogP) is 4.08. The van der Waals surface area contributed by atoms with E-state index in [4.69, 9.17) is 11.6 Å². The maximum absolute atomic E-state index is 5.99. The second-order valence-corrected chi connectivity index (χ2v) is 5.88. The SMILES string of the molecule is Clc1ccc([C@H]2C[C@H](c3ccccc3)n3ncnc3N2)cc1. The molecule has 0 unspecified atom stereocenters. The van der Waals surface area contributed by atoms with Gasteiger partial charge in [0.2, 0.25) is 5.95 Å². The lowest BCUT2D eigenvalue weighted by Crippen LogP contribution is -2.28. The van der Waals surface area contributed by atoms with Crippen LogP contribution in [-0.4, -0.2) is 14.8 Å². The van der Waals surface area contributed by atoms with E-state index >= 15 is 0 Å². The van der Waals surface area contributed by atoms with E-state index in [-0.39, 0.29) is 12.1 Å². The number of fused-ring (bicyclic) bond motifs is 1. The third kappa shape index (κ3) is 2.35. The third-order valence-electron chi connectivity index (χ3n) is 4.09. The van der Waals surface area contributed by atoms with Gasteiger partial charge in [0.1, 0.15) is 6.33 Å². The van der Waals surface area contributed by atoms with Gasteiger partial charge in [0, 0.05) is 5.02 Å². The van der Waals surface area contributed by atoms with Gasteiger partial charge in [0.25, 0.3) is 0 Å². The fourth-order valence-electron chi connectivity index (χ4n) is 2.99. The van der Waals surface area contributed by atoms with Crippen molar-refractivity contribution in [2.45, 2.75) is 18.5 Å². The Morgan fingerprint density at radius 2 is 1.77 bits per heavy atom. The van der Waals surface area contributed by atoms with E-state index in [1.165, 1.54) is 11.1 Å². The second-order valence-electron chi connectivity index (χ2n) is 5.44. The summed E-state index contributed by atoms with van der Waals surface area (Å²) in [5, 5.41) is 8.59. The number of hydrogen-bond acceptors (Lipinski definition) is 3. The van der Waals surface area contributed by atoms with Gasteiger partial charge in [-0.1, -0.05) is 54.1 Å². The maximum Gasteiger partial charge on any atom is 0.222 e. The molecule has 110 valence electrons. The number of hydrogen-bond donors (Lipinski definition) is 1. The molecule has 0 aliphatic carbocycles. The molecule has 3 aromatic rings. The second kappa shape index (κ2) is 5.46. The molecule has 0 radical (unpaired) electrons. The normalized spacial score (nSPS) is 20.2. The quantitative estimate of drug-likeness (QED) is 0.775. The summed E-state index contributed by atoms with van der Waals surface area (Å²) in [7, 11) is 0. The maximum atomic E-state index is 5.99. The van der Waals surface area contributed by atoms with Crippen LogP contribution in [0.4, 0.5) is 5.95 Å². The fourth-order valence-corrected chi connectivity index (χ4v) is 3.11. The summed E-state index contributed by atoms with van der Waals surface area (Å²) in [4.78, 5) is 4.34. The van der Waals surface area contributed by atoms with Gasteiger partial charge >= 0.3 is 0 Å². The average molecular weight is 311 g/mol. The smallest absolute Gasteiger partial charge is 0.222 e. The highest BCUT2D eigenvalue weighted by atomic mass is 35.5. The topological polar surface area (TPSA) is 42.7 Å². The summed E-state index contributed by atoms with van der Waals surface area (Å²) in [6.45, 7) is 0. The minimum absolute atomic E-state index is 0.181. The van der Waals surface area contributed by atoms with Crippen LogP contribution in [0.1, 0.15) is 29.6 Å². The van der Waals surface area contributed by atoms with Crippen molar-refractivity contribution < 1.29 is 0 Å². The summed E-state index contributed by atoms with van der Waals surface area (Å²) in [6.07, 6.45) is 2.52. The molecule has 22 heavy (non-hydrogen) atoms. The van der Waals surface area contributed by atoms with E-state index in [1.54, 1.807) is 6.33 Å². The fraction of sp³-hybridized carbons (Fsp3) is 0.176. The Hall–Kier alpha value is -2.33. The van der Waals surface area contributed by atoms with Gasteiger partial charge in [-0.05, 0) is 29.7 Å². The zero-order valence-electron chi connectivity index (χ0n) is 11.9. The van der Waals surface area contributed by atoms with Crippen molar-refractivity contribution in [2.24, 2.45) is 0 Å². The van der Waals surface area contributed by atoms with Crippen LogP contribution in [0.25, 0.3) is 0 Å². The third-order valence-corrected chi connectivity index (χ3v) is 4.34. The van der Waals surface area contributed by atoms with E-state index in [1.807, 2.05) is 22.9 Å². The largest absolute Gasteiger partial charge is 0.348 e. The first kappa shape index (κ1) is 13.3. The Morgan fingerprint density at radius 3 is 2.55 bits per heavy atom. The van der Waals surface area contributed by atoms with Crippen molar-refractivity contribution in [3.63, 3.8) is 0 Å². The number of nitrogens with one attached hydrogen (secondary N) is 1. The van der Waals surface area contributed by atoms with E-state index in [9.17, 15) is 0 Å². The van der Waals surface area contributed by atoms with E-state index < -0.39 is 0 Å². The highest BCUT2D eigenvalue weighted by Crippen LogP contribution is 2.37. The summed E-state index contributed by atoms with van der Waals surface area (Å²) in [5.74, 6) is 0.806. The van der Waals surface area contributed by atoms with Gasteiger partial charge in [-0.25, -0.2) is 4.68 Å². The predicted molar refractivity (Wildman–Crippen MR) is 87.0 cm³/mol. The lowest BCUT2D eigenvalue weighted by Gasteiger charge is -2.31. The van der Waals surface area contributed by atoms with Gasteiger partial charge in [0.05, 0.1) is 12.1 Å². The van der Waals surface area contributed by atoms with Crippen molar-refractivity contribution in [2.75, 3.05) is 5.32 Å². The average Bonchev–Trinajstić information content (AvgIpc) is 3.04. The van der Waals surface area contributed by atoms with Gasteiger partial charge in [-0.2, -0.15) is 10.1 Å². The first-order valence-electron chi connectivity index (χ1n) is 7.28. The molecule has 2 atom stereocenters. The summed E-state index contributed by atoms with van der Waals surface area (Å²) < 4.78 is 1.96. The lowest BCUT2D eigenvalue weighted by atomic mass is 9.93. The van der Waals surface area contributed by atoms with Gasteiger partial charge in [0.15, 0.2) is 0 Å². The molecule has 1 aliphatic heterocycles. The zero-order chi connectivity index (χ0) is 14.9. The highest BCUT2D eigenvalue weighted by Gasteiger charge is 2.29. The van der Waals surface area contributed by atoms with E-state index in [2.05, 4.69) is 51.8 Å². The molecule has 4 rings (SSSR count). The van der Waals surface area contributed by atoms with Gasteiger partial charge in [-0.3, -0.25) is 0 Å². The van der Waals surface area contributed by atoms with Crippen molar-refractivity contribution in [1.29, 1.82) is 0 Å². The monoisotopic (exact) mass is 310 g/mol. The summed E-state index contributed by atoms with van der Waals surface area (Å²) in [6, 6.07) is 18.8. The van der Waals surface area contributed by atoms with Gasteiger partial charge < -0.3 is 5.32 Å². The molecule has 2 aromatic carbocycles. The van der Waals surface area contributed by atoms with E-state index in [0.717, 1.165) is 17.4 Å². The number of benzene rings is 2. The Labute approximate surface area is 133 Å². The first-order chi connectivity index (χ1) is 10.8. The Morgan fingerprint density at radius 1 is 1.00 bits per heavy atom. The van der Waals surface area contributed by atoms with Crippen LogP contribution in [0.3, 0.4) is 0 Å². The number of rotatable bonds is 2. The Bertz CT molecular complexity index is 767. The summed E-state index contributed by atoms with van der Waals surface area (Å²) >= 11 is 5.99. The molecule has 0 fully saturated rings. The van der Waals surface area contributed by atoms with Crippen LogP contribution in [0.5, 0.6) is 0 Å². The number of aromatic nitrogens is 3. The lowest BCUT2D eigenvalue weighted by molar-refractivity contribution is 0.431. The van der Waals surface area contributed by atoms with Crippen LogP contribution in [0.15, 0.2) is 60.9 Å². The highest BCUT2D eigenvalue weighted by molar-refractivity contribution is 6.30. The standard InChI is InChI=1S/C17H15ClN4/c18-14-8-6-12(7-9-14)15-10-16(13-4-2-1-3-5-13)22-17(21-15)19-11-20-22/h1-9,11,15-16H,10H2,(H,19,20,21)/t15-,16-/m1/s1. The minimum Gasteiger partial charge on any atom is -0.348 e. The molecular formula is C17H15ClN4. The molecule has 1 aromatic heterocycles. The molecule has 2 heterocycles. The van der Waals surface area contributed by atoms with Gasteiger partial charge in [-0.15, -0.1) is 0 Å². The number of halogens is 1. The zero-order valence-corrected chi connectivity index (χ0v) is 12.6. The van der Waals surface area contributed by atoms with Crippen molar-refractivity contribution >= 4 is 17.5 Å². The van der Waals surface area contributed by atoms with Crippen molar-refractivity contribution in [3.05, 3.63) is 77.1 Å². The van der Waals surface area contributed by atoms with Crippen molar-refractivity contribution in [3.8, 4) is 0 Å². The van der Waals surface area contributed by atoms with Crippen LogP contribution in [0.2, 0.25) is 5.02 Å². The molecule has 1 N–H and O–H groups in total. The number of anilines is 1. The molecule has 0 spiro atoms. The Kier molecular flexibility index (Phi) is 3.31. The first-order valence-corrected chi connectivity index (χ1v) is 7.65. The molecule has 1 aliphatic rings. The van der Waals surface area contributed by atoms with Crippen LogP contribution in [-0.2, 0) is 0 Å². The summed E-state index contributed by atoms with van der Waals surface area (Å²) in [5.41, 5.74) is 2.45.